The molecule has 24 heavy (non-hydrogen) atoms. The van der Waals surface area contributed by atoms with E-state index in [0.717, 1.165) is 25.1 Å². The standard InChI is InChI=1S/C19H19N3O2/c23-18-15-7-1-2-9-17(15)22(19(18)24)13-21-11-4-3-8-16(21)14-6-5-10-20-12-14/h1-2,5-7,9-10,12,16H,3-4,8,11,13H2/t16-/m1/s1. The van der Waals surface area contributed by atoms with Crippen LogP contribution in [0.3, 0.4) is 0 Å². The van der Waals surface area contributed by atoms with Gasteiger partial charge in [0.15, 0.2) is 0 Å². The lowest BCUT2D eigenvalue weighted by Crippen LogP contribution is -2.44. The number of piperidine rings is 1. The van der Waals surface area contributed by atoms with Gasteiger partial charge < -0.3 is 0 Å². The van der Waals surface area contributed by atoms with Crippen LogP contribution in [-0.4, -0.2) is 34.8 Å². The van der Waals surface area contributed by atoms with Gasteiger partial charge in [-0.3, -0.25) is 24.4 Å². The smallest absolute Gasteiger partial charge is 0.291 e. The number of para-hydroxylation sites is 1. The molecule has 0 spiro atoms. The Morgan fingerprint density at radius 3 is 2.79 bits per heavy atom. The van der Waals surface area contributed by atoms with Crippen LogP contribution in [0.1, 0.15) is 41.2 Å². The van der Waals surface area contributed by atoms with Gasteiger partial charge in [0, 0.05) is 25.0 Å². The summed E-state index contributed by atoms with van der Waals surface area (Å²) < 4.78 is 0. The Labute approximate surface area is 140 Å². The molecular weight excluding hydrogens is 302 g/mol. The third-order valence-corrected chi connectivity index (χ3v) is 4.88. The summed E-state index contributed by atoms with van der Waals surface area (Å²) in [5.74, 6) is -0.827. The van der Waals surface area contributed by atoms with E-state index >= 15 is 0 Å². The number of carbonyl (C=O) groups is 2. The predicted molar refractivity (Wildman–Crippen MR) is 90.7 cm³/mol. The summed E-state index contributed by atoms with van der Waals surface area (Å²) in [6.07, 6.45) is 6.99. The number of anilines is 1. The Bertz CT molecular complexity index is 775. The molecule has 0 bridgehead atoms. The van der Waals surface area contributed by atoms with Crippen LogP contribution in [0, 0.1) is 0 Å². The van der Waals surface area contributed by atoms with Gasteiger partial charge in [-0.1, -0.05) is 24.6 Å². The molecule has 4 rings (SSSR count). The highest BCUT2D eigenvalue weighted by Gasteiger charge is 2.37. The highest BCUT2D eigenvalue weighted by Crippen LogP contribution is 2.34. The molecule has 0 N–H and O–H groups in total. The second-order valence-corrected chi connectivity index (χ2v) is 6.33. The number of likely N-dealkylation sites (tertiary alicyclic amines) is 1. The van der Waals surface area contributed by atoms with Gasteiger partial charge in [0.2, 0.25) is 0 Å². The Balaban J connectivity index is 1.62. The lowest BCUT2D eigenvalue weighted by Gasteiger charge is -2.38. The second-order valence-electron chi connectivity index (χ2n) is 6.33. The first-order valence-corrected chi connectivity index (χ1v) is 8.35. The fraction of sp³-hybridized carbons (Fsp3) is 0.316. The number of hydrogen-bond acceptors (Lipinski definition) is 4. The number of benzene rings is 1. The van der Waals surface area contributed by atoms with Gasteiger partial charge in [0.25, 0.3) is 5.78 Å². The van der Waals surface area contributed by atoms with Gasteiger partial charge >= 0.3 is 5.91 Å². The van der Waals surface area contributed by atoms with E-state index in [1.54, 1.807) is 23.2 Å². The lowest BCUT2D eigenvalue weighted by atomic mass is 9.97. The minimum atomic E-state index is -0.424. The van der Waals surface area contributed by atoms with E-state index in [1.807, 2.05) is 24.4 Å². The van der Waals surface area contributed by atoms with Gasteiger partial charge in [0.05, 0.1) is 17.9 Å². The zero-order valence-electron chi connectivity index (χ0n) is 13.4. The van der Waals surface area contributed by atoms with Crippen molar-refractivity contribution in [1.29, 1.82) is 0 Å². The van der Waals surface area contributed by atoms with Crippen LogP contribution in [0.15, 0.2) is 48.8 Å². The summed E-state index contributed by atoms with van der Waals surface area (Å²) in [5, 5.41) is 0. The fourth-order valence-corrected chi connectivity index (χ4v) is 3.68. The molecule has 122 valence electrons. The number of fused-ring (bicyclic) bond motifs is 1. The number of nitrogens with zero attached hydrogens (tertiary/aromatic N) is 3. The lowest BCUT2D eigenvalue weighted by molar-refractivity contribution is -0.114. The van der Waals surface area contributed by atoms with Crippen LogP contribution in [0.25, 0.3) is 0 Å². The molecule has 0 saturated carbocycles. The highest BCUT2D eigenvalue weighted by atomic mass is 16.2. The predicted octanol–water partition coefficient (Wildman–Crippen LogP) is 2.80. The van der Waals surface area contributed by atoms with Crippen molar-refractivity contribution < 1.29 is 9.59 Å². The molecule has 1 atom stereocenters. The molecule has 0 radical (unpaired) electrons. The molecule has 0 unspecified atom stereocenters. The SMILES string of the molecule is O=C1C(=O)N(CN2CCCC[C@@H]2c2cccnc2)c2ccccc21. The number of pyridine rings is 1. The van der Waals surface area contributed by atoms with Crippen molar-refractivity contribution in [2.75, 3.05) is 18.1 Å². The van der Waals surface area contributed by atoms with Crippen molar-refractivity contribution in [3.05, 3.63) is 59.9 Å². The molecule has 5 heteroatoms. The van der Waals surface area contributed by atoms with Crippen LogP contribution < -0.4 is 4.90 Å². The summed E-state index contributed by atoms with van der Waals surface area (Å²) in [4.78, 5) is 32.7. The summed E-state index contributed by atoms with van der Waals surface area (Å²) in [6, 6.07) is 11.5. The number of rotatable bonds is 3. The van der Waals surface area contributed by atoms with E-state index in [4.69, 9.17) is 0 Å². The fourth-order valence-electron chi connectivity index (χ4n) is 3.68. The van der Waals surface area contributed by atoms with Crippen LogP contribution in [0.5, 0.6) is 0 Å². The van der Waals surface area contributed by atoms with Crippen LogP contribution >= 0.6 is 0 Å². The molecule has 3 heterocycles. The molecule has 5 nitrogen and oxygen atoms in total. The first-order chi connectivity index (χ1) is 11.8. The quantitative estimate of drug-likeness (QED) is 0.816. The second kappa shape index (κ2) is 6.17. The molecule has 1 aromatic heterocycles. The number of hydrogen-bond donors (Lipinski definition) is 0. The van der Waals surface area contributed by atoms with Crippen molar-refractivity contribution in [2.24, 2.45) is 0 Å². The Kier molecular flexibility index (Phi) is 3.86. The van der Waals surface area contributed by atoms with E-state index < -0.39 is 11.7 Å². The third kappa shape index (κ3) is 2.51. The Morgan fingerprint density at radius 2 is 1.96 bits per heavy atom. The first kappa shape index (κ1) is 15.0. The molecule has 2 aliphatic rings. The van der Waals surface area contributed by atoms with Gasteiger partial charge in [-0.25, -0.2) is 0 Å². The van der Waals surface area contributed by atoms with Crippen molar-refractivity contribution in [2.45, 2.75) is 25.3 Å². The van der Waals surface area contributed by atoms with E-state index in [-0.39, 0.29) is 6.04 Å². The zero-order chi connectivity index (χ0) is 16.5. The molecule has 0 aliphatic carbocycles. The summed E-state index contributed by atoms with van der Waals surface area (Å²) in [6.45, 7) is 1.36. The number of ketones is 1. The van der Waals surface area contributed by atoms with E-state index in [2.05, 4.69) is 16.0 Å². The van der Waals surface area contributed by atoms with Gasteiger partial charge in [0.1, 0.15) is 0 Å². The van der Waals surface area contributed by atoms with E-state index in [9.17, 15) is 9.59 Å². The third-order valence-electron chi connectivity index (χ3n) is 4.88. The Hall–Kier alpha value is -2.53. The van der Waals surface area contributed by atoms with Crippen LogP contribution in [-0.2, 0) is 4.79 Å². The van der Waals surface area contributed by atoms with Gasteiger partial charge in [-0.15, -0.1) is 0 Å². The van der Waals surface area contributed by atoms with Crippen LogP contribution in [0.4, 0.5) is 5.69 Å². The zero-order valence-corrected chi connectivity index (χ0v) is 13.4. The normalized spacial score (nSPS) is 21.2. The average molecular weight is 321 g/mol. The molecule has 2 aromatic rings. The minimum absolute atomic E-state index is 0.239. The van der Waals surface area contributed by atoms with E-state index in [0.29, 0.717) is 12.2 Å². The number of aromatic nitrogens is 1. The van der Waals surface area contributed by atoms with Crippen molar-refractivity contribution in [1.82, 2.24) is 9.88 Å². The Morgan fingerprint density at radius 1 is 1.08 bits per heavy atom. The topological polar surface area (TPSA) is 53.5 Å². The molecule has 1 aromatic carbocycles. The molecule has 1 fully saturated rings. The van der Waals surface area contributed by atoms with Gasteiger partial charge in [-0.05, 0) is 36.6 Å². The van der Waals surface area contributed by atoms with Crippen molar-refractivity contribution >= 4 is 17.4 Å². The largest absolute Gasteiger partial charge is 0.300 e. The summed E-state index contributed by atoms with van der Waals surface area (Å²) in [5.41, 5.74) is 2.41. The molecule has 2 aliphatic heterocycles. The summed E-state index contributed by atoms with van der Waals surface area (Å²) in [7, 11) is 0. The summed E-state index contributed by atoms with van der Waals surface area (Å²) >= 11 is 0. The molecule has 1 saturated heterocycles. The maximum Gasteiger partial charge on any atom is 0.300 e. The van der Waals surface area contributed by atoms with Crippen molar-refractivity contribution in [3.8, 4) is 0 Å². The molecular formula is C19H19N3O2. The van der Waals surface area contributed by atoms with Crippen molar-refractivity contribution in [3.63, 3.8) is 0 Å². The van der Waals surface area contributed by atoms with E-state index in [1.165, 1.54) is 12.0 Å². The first-order valence-electron chi connectivity index (χ1n) is 8.35. The average Bonchev–Trinajstić information content (AvgIpc) is 2.88. The monoisotopic (exact) mass is 321 g/mol. The minimum Gasteiger partial charge on any atom is -0.291 e. The van der Waals surface area contributed by atoms with Crippen LogP contribution in [0.2, 0.25) is 0 Å². The van der Waals surface area contributed by atoms with Gasteiger partial charge in [-0.2, -0.15) is 0 Å². The number of amides is 1. The maximum absolute atomic E-state index is 12.4. The number of Topliss-reactive ketones (excluding diaryl/α,β-unsaturated/α-hetero) is 1. The number of carbonyl (C=O) groups excluding carboxylic acids is 2. The maximum atomic E-state index is 12.4. The molecule has 1 amide bonds. The highest BCUT2D eigenvalue weighted by molar-refractivity contribution is 6.52.